The zero-order valence-electron chi connectivity index (χ0n) is 16.4. The average Bonchev–Trinajstić information content (AvgIpc) is 2.75. The molecule has 0 radical (unpaired) electrons. The second-order valence-corrected chi connectivity index (χ2v) is 7.65. The molecular weight excluding hydrogens is 409 g/mol. The highest BCUT2D eigenvalue weighted by Gasteiger charge is 2.22. The first kappa shape index (κ1) is 20.2. The number of halogens is 2. The molecule has 1 fully saturated rings. The van der Waals surface area contributed by atoms with Crippen molar-refractivity contribution >= 4 is 46.0 Å². The molecule has 2 aromatic heterocycles. The Kier molecular flexibility index (Phi) is 5.89. The number of benzene rings is 1. The number of hydrogen-bond donors (Lipinski definition) is 2. The highest BCUT2D eigenvalue weighted by atomic mass is 35.5. The van der Waals surface area contributed by atoms with Crippen molar-refractivity contribution in [3.8, 4) is 0 Å². The highest BCUT2D eigenvalue weighted by molar-refractivity contribution is 6.31. The van der Waals surface area contributed by atoms with Crippen LogP contribution < -0.4 is 15.5 Å². The van der Waals surface area contributed by atoms with Gasteiger partial charge in [-0.15, -0.1) is 0 Å². The van der Waals surface area contributed by atoms with Gasteiger partial charge in [0.2, 0.25) is 11.9 Å². The number of carbonyl (C=O) groups excluding carboxylic acids is 1. The number of rotatable bonds is 5. The largest absolute Gasteiger partial charge is 0.356 e. The van der Waals surface area contributed by atoms with E-state index in [0.29, 0.717) is 40.9 Å². The monoisotopic (exact) mass is 429 g/mol. The molecule has 1 aliphatic heterocycles. The van der Waals surface area contributed by atoms with Gasteiger partial charge in [0.15, 0.2) is 5.82 Å². The molecule has 0 bridgehead atoms. The lowest BCUT2D eigenvalue weighted by Crippen LogP contribution is -2.39. The summed E-state index contributed by atoms with van der Waals surface area (Å²) in [6, 6.07) is 4.36. The summed E-state index contributed by atoms with van der Waals surface area (Å²) >= 11 is 5.87. The second kappa shape index (κ2) is 8.74. The molecule has 4 rings (SSSR count). The van der Waals surface area contributed by atoms with Crippen LogP contribution in [-0.2, 0) is 4.79 Å². The Balaban J connectivity index is 1.53. The minimum absolute atomic E-state index is 0.00207. The van der Waals surface area contributed by atoms with E-state index in [0.717, 1.165) is 25.9 Å². The average molecular weight is 430 g/mol. The lowest BCUT2D eigenvalue weighted by molar-refractivity contribution is -0.119. The quantitative estimate of drug-likeness (QED) is 0.642. The van der Waals surface area contributed by atoms with Crippen LogP contribution in [0.25, 0.3) is 11.0 Å². The van der Waals surface area contributed by atoms with E-state index in [1.54, 1.807) is 12.3 Å². The maximum Gasteiger partial charge on any atom is 0.226 e. The molecule has 3 aromatic rings. The van der Waals surface area contributed by atoms with Gasteiger partial charge >= 0.3 is 0 Å². The minimum Gasteiger partial charge on any atom is -0.356 e. The number of amides is 1. The fourth-order valence-corrected chi connectivity index (χ4v) is 3.60. The first-order valence-corrected chi connectivity index (χ1v) is 10.1. The fraction of sp³-hybridized carbons (Fsp3) is 0.350. The number of nitrogens with one attached hydrogen (secondary N) is 2. The van der Waals surface area contributed by atoms with Crippen molar-refractivity contribution in [2.24, 2.45) is 5.92 Å². The summed E-state index contributed by atoms with van der Waals surface area (Å²) in [4.78, 5) is 30.9. The Bertz CT molecular complexity index is 1070. The SMILES string of the molecule is CC(=O)NCC1CCN(c2ncc3ncnc(Nc4ccc(F)c(Cl)c4)c3n2)CC1. The summed E-state index contributed by atoms with van der Waals surface area (Å²) in [6.07, 6.45) is 5.00. The van der Waals surface area contributed by atoms with Crippen LogP contribution in [0.4, 0.5) is 21.8 Å². The molecule has 0 saturated carbocycles. The van der Waals surface area contributed by atoms with Crippen LogP contribution >= 0.6 is 11.6 Å². The number of carbonyl (C=O) groups is 1. The number of anilines is 3. The second-order valence-electron chi connectivity index (χ2n) is 7.25. The molecule has 1 amide bonds. The van der Waals surface area contributed by atoms with Gasteiger partial charge < -0.3 is 15.5 Å². The van der Waals surface area contributed by atoms with Gasteiger partial charge in [-0.2, -0.15) is 0 Å². The van der Waals surface area contributed by atoms with Crippen LogP contribution in [0.1, 0.15) is 19.8 Å². The normalized spacial score (nSPS) is 14.7. The smallest absolute Gasteiger partial charge is 0.226 e. The van der Waals surface area contributed by atoms with E-state index < -0.39 is 5.82 Å². The van der Waals surface area contributed by atoms with Crippen molar-refractivity contribution in [2.75, 3.05) is 29.9 Å². The van der Waals surface area contributed by atoms with E-state index >= 15 is 0 Å². The molecule has 0 aliphatic carbocycles. The van der Waals surface area contributed by atoms with Gasteiger partial charge in [0, 0.05) is 32.2 Å². The van der Waals surface area contributed by atoms with E-state index in [-0.39, 0.29) is 10.9 Å². The van der Waals surface area contributed by atoms with Gasteiger partial charge in [-0.25, -0.2) is 24.3 Å². The van der Waals surface area contributed by atoms with Crippen molar-refractivity contribution in [1.82, 2.24) is 25.3 Å². The first-order chi connectivity index (χ1) is 14.5. The van der Waals surface area contributed by atoms with E-state index in [1.165, 1.54) is 25.4 Å². The van der Waals surface area contributed by atoms with Crippen LogP contribution in [0.3, 0.4) is 0 Å². The Morgan fingerprint density at radius 3 is 2.80 bits per heavy atom. The first-order valence-electron chi connectivity index (χ1n) is 9.69. The molecule has 1 aliphatic rings. The molecule has 30 heavy (non-hydrogen) atoms. The summed E-state index contributed by atoms with van der Waals surface area (Å²) in [5.74, 6) is 1.07. The van der Waals surface area contributed by atoms with E-state index in [1.807, 2.05) is 0 Å². The Morgan fingerprint density at radius 2 is 2.07 bits per heavy atom. The predicted octanol–water partition coefficient (Wildman–Crippen LogP) is 3.31. The van der Waals surface area contributed by atoms with Gasteiger partial charge in [-0.3, -0.25) is 4.79 Å². The molecule has 156 valence electrons. The molecule has 1 saturated heterocycles. The molecule has 8 nitrogen and oxygen atoms in total. The van der Waals surface area contributed by atoms with Crippen LogP contribution in [0, 0.1) is 11.7 Å². The third-order valence-corrected chi connectivity index (χ3v) is 5.37. The van der Waals surface area contributed by atoms with E-state index in [4.69, 9.17) is 11.6 Å². The molecule has 0 unspecified atom stereocenters. The third kappa shape index (κ3) is 4.56. The molecular formula is C20H21ClFN7O. The Hall–Kier alpha value is -3.07. The van der Waals surface area contributed by atoms with Crippen LogP contribution in [0.2, 0.25) is 5.02 Å². The summed E-state index contributed by atoms with van der Waals surface area (Å²) < 4.78 is 13.4. The maximum absolute atomic E-state index is 13.4. The summed E-state index contributed by atoms with van der Waals surface area (Å²) in [7, 11) is 0. The number of piperidine rings is 1. The van der Waals surface area contributed by atoms with Crippen molar-refractivity contribution in [3.63, 3.8) is 0 Å². The van der Waals surface area contributed by atoms with Crippen LogP contribution in [0.5, 0.6) is 0 Å². The minimum atomic E-state index is -0.485. The summed E-state index contributed by atoms with van der Waals surface area (Å²) in [5, 5.41) is 6.04. The number of fused-ring (bicyclic) bond motifs is 1. The Morgan fingerprint density at radius 1 is 1.27 bits per heavy atom. The Labute approximate surface area is 177 Å². The number of aromatic nitrogens is 4. The lowest BCUT2D eigenvalue weighted by atomic mass is 9.97. The standard InChI is InChI=1S/C20H21ClFN7O/c1-12(30)23-9-13-4-6-29(7-5-13)20-24-10-17-18(28-20)19(26-11-25-17)27-14-2-3-16(22)15(21)8-14/h2-3,8,10-11,13H,4-7,9H2,1H3,(H,23,30)(H,25,26,27). The topological polar surface area (TPSA) is 95.9 Å². The van der Waals surface area contributed by atoms with Gasteiger partial charge in [0.05, 0.1) is 11.2 Å². The van der Waals surface area contributed by atoms with Crippen molar-refractivity contribution in [1.29, 1.82) is 0 Å². The van der Waals surface area contributed by atoms with Crippen LogP contribution in [-0.4, -0.2) is 45.5 Å². The molecule has 1 aromatic carbocycles. The molecule has 0 spiro atoms. The molecule has 2 N–H and O–H groups in total. The number of hydrogen-bond acceptors (Lipinski definition) is 7. The van der Waals surface area contributed by atoms with Crippen molar-refractivity contribution < 1.29 is 9.18 Å². The maximum atomic E-state index is 13.4. The van der Waals surface area contributed by atoms with E-state index in [9.17, 15) is 9.18 Å². The zero-order valence-corrected chi connectivity index (χ0v) is 17.2. The van der Waals surface area contributed by atoms with Gasteiger partial charge in [0.1, 0.15) is 23.2 Å². The highest BCUT2D eigenvalue weighted by Crippen LogP contribution is 2.27. The van der Waals surface area contributed by atoms with Gasteiger partial charge in [-0.05, 0) is 37.0 Å². The zero-order chi connectivity index (χ0) is 21.1. The lowest BCUT2D eigenvalue weighted by Gasteiger charge is -2.32. The third-order valence-electron chi connectivity index (χ3n) is 5.08. The predicted molar refractivity (Wildman–Crippen MR) is 113 cm³/mol. The van der Waals surface area contributed by atoms with Crippen molar-refractivity contribution in [3.05, 3.63) is 41.6 Å². The number of nitrogens with zero attached hydrogens (tertiary/aromatic N) is 5. The van der Waals surface area contributed by atoms with Gasteiger partial charge in [0.25, 0.3) is 0 Å². The van der Waals surface area contributed by atoms with Gasteiger partial charge in [-0.1, -0.05) is 11.6 Å². The molecule has 0 atom stereocenters. The fourth-order valence-electron chi connectivity index (χ4n) is 3.42. The summed E-state index contributed by atoms with van der Waals surface area (Å²) in [6.45, 7) is 3.84. The van der Waals surface area contributed by atoms with Crippen molar-refractivity contribution in [2.45, 2.75) is 19.8 Å². The molecule has 10 heteroatoms. The van der Waals surface area contributed by atoms with E-state index in [2.05, 4.69) is 35.5 Å². The van der Waals surface area contributed by atoms with Crippen LogP contribution in [0.15, 0.2) is 30.7 Å². The molecule has 3 heterocycles. The summed E-state index contributed by atoms with van der Waals surface area (Å²) in [5.41, 5.74) is 1.77.